The summed E-state index contributed by atoms with van der Waals surface area (Å²) in [7, 11) is -4.61. The Kier molecular flexibility index (Phi) is 31.0. The number of aliphatic hydroxyl groups is 2. The molecular weight excluding hydrogens is 623 g/mol. The van der Waals surface area contributed by atoms with Crippen molar-refractivity contribution in [2.75, 3.05) is 26.4 Å². The maximum absolute atomic E-state index is 12.5. The Balaban J connectivity index is 4.46. The van der Waals surface area contributed by atoms with E-state index in [0.717, 1.165) is 57.8 Å². The van der Waals surface area contributed by atoms with Gasteiger partial charge in [0.2, 0.25) is 0 Å². The number of unbranched alkanes of at least 4 members (excludes halogenated alkanes) is 13. The zero-order chi connectivity index (χ0) is 34.9. The van der Waals surface area contributed by atoms with Crippen LogP contribution in [-0.2, 0) is 32.7 Å². The highest BCUT2D eigenvalue weighted by molar-refractivity contribution is 7.47. The summed E-state index contributed by atoms with van der Waals surface area (Å²) in [5.41, 5.74) is 0. The first kappa shape index (κ1) is 44.9. The largest absolute Gasteiger partial charge is 0.472 e. The molecule has 1 unspecified atom stereocenters. The van der Waals surface area contributed by atoms with Crippen molar-refractivity contribution < 1.29 is 47.8 Å². The first-order valence-electron chi connectivity index (χ1n) is 17.6. The number of aliphatic hydroxyl groups excluding tert-OH is 2. The monoisotopic (exact) mass is 686 g/mol. The molecule has 272 valence electrons. The molecule has 0 radical (unpaired) electrons. The minimum atomic E-state index is -4.61. The lowest BCUT2D eigenvalue weighted by atomic mass is 10.1. The summed E-state index contributed by atoms with van der Waals surface area (Å²) in [5, 5.41) is 18.2. The minimum absolute atomic E-state index is 0.157. The summed E-state index contributed by atoms with van der Waals surface area (Å²) in [6, 6.07) is 0. The van der Waals surface area contributed by atoms with E-state index < -0.39 is 51.8 Å². The Labute approximate surface area is 283 Å². The predicted octanol–water partition coefficient (Wildman–Crippen LogP) is 8.21. The molecule has 0 aliphatic heterocycles. The highest BCUT2D eigenvalue weighted by atomic mass is 31.2. The molecule has 0 saturated heterocycles. The first-order chi connectivity index (χ1) is 22.7. The van der Waals surface area contributed by atoms with Crippen LogP contribution in [0.2, 0.25) is 0 Å². The standard InChI is InChI=1S/C36H63O10P/c1-3-5-7-9-11-13-14-15-16-17-18-20-22-24-26-28-36(40)46-34(32-45-47(41,42)44-30-33(38)29-37)31-43-35(39)27-25-23-21-19-12-10-8-6-4-2/h5,7,9,11,13-16,33-34,37-38H,3-4,6,8,10,12,17-32H2,1-2H3,(H,41,42)/b7-5+,11-9+,14-13+,16-15+/t33-,34+/m0/s1. The lowest BCUT2D eigenvalue weighted by Crippen LogP contribution is -2.29. The van der Waals surface area contributed by atoms with Gasteiger partial charge in [0.05, 0.1) is 19.8 Å². The molecule has 0 rings (SSSR count). The molecule has 0 fully saturated rings. The Hall–Kier alpha value is -2.07. The van der Waals surface area contributed by atoms with Gasteiger partial charge in [0.1, 0.15) is 12.7 Å². The third-order valence-corrected chi connectivity index (χ3v) is 8.04. The highest BCUT2D eigenvalue weighted by Gasteiger charge is 2.27. The SMILES string of the molecule is CC/C=C/C=C/C=C/C=C/CCCCCCCC(=O)O[C@H](COC(=O)CCCCCCCCCCC)COP(=O)(O)OC[C@@H](O)CO. The molecule has 3 atom stereocenters. The van der Waals surface area contributed by atoms with E-state index in [2.05, 4.69) is 30.5 Å². The van der Waals surface area contributed by atoms with Crippen LogP contribution in [-0.4, -0.2) is 65.7 Å². The van der Waals surface area contributed by atoms with E-state index in [0.29, 0.717) is 12.8 Å². The van der Waals surface area contributed by atoms with Crippen molar-refractivity contribution in [2.45, 2.75) is 142 Å². The number of allylic oxidation sites excluding steroid dienone is 8. The average molecular weight is 687 g/mol. The van der Waals surface area contributed by atoms with Gasteiger partial charge in [-0.2, -0.15) is 0 Å². The molecule has 0 heterocycles. The van der Waals surface area contributed by atoms with Crippen molar-refractivity contribution in [1.29, 1.82) is 0 Å². The topological polar surface area (TPSA) is 149 Å². The van der Waals surface area contributed by atoms with Crippen LogP contribution in [0.1, 0.15) is 129 Å². The van der Waals surface area contributed by atoms with Gasteiger partial charge < -0.3 is 24.6 Å². The summed E-state index contributed by atoms with van der Waals surface area (Å²) in [5.74, 6) is -0.960. The first-order valence-corrected chi connectivity index (χ1v) is 19.1. The molecule has 0 bridgehead atoms. The number of phosphoric ester groups is 1. The molecule has 0 amide bonds. The summed E-state index contributed by atoms with van der Waals surface area (Å²) >= 11 is 0. The van der Waals surface area contributed by atoms with Crippen molar-refractivity contribution >= 4 is 19.8 Å². The van der Waals surface area contributed by atoms with Gasteiger partial charge in [-0.3, -0.25) is 18.6 Å². The molecular formula is C36H63O10P. The van der Waals surface area contributed by atoms with E-state index in [4.69, 9.17) is 19.1 Å². The molecule has 11 heteroatoms. The Bertz CT molecular complexity index is 931. The van der Waals surface area contributed by atoms with Gasteiger partial charge in [-0.1, -0.05) is 133 Å². The lowest BCUT2D eigenvalue weighted by Gasteiger charge is -2.20. The Morgan fingerprint density at radius 2 is 1.17 bits per heavy atom. The van der Waals surface area contributed by atoms with Gasteiger partial charge >= 0.3 is 19.8 Å². The van der Waals surface area contributed by atoms with E-state index in [1.807, 2.05) is 36.5 Å². The number of phosphoric acid groups is 1. The van der Waals surface area contributed by atoms with Gasteiger partial charge in [-0.25, -0.2) is 4.57 Å². The van der Waals surface area contributed by atoms with Crippen molar-refractivity contribution in [3.05, 3.63) is 48.6 Å². The second-order valence-electron chi connectivity index (χ2n) is 11.6. The van der Waals surface area contributed by atoms with Crippen molar-refractivity contribution in [3.63, 3.8) is 0 Å². The smallest absolute Gasteiger partial charge is 0.462 e. The quantitative estimate of drug-likeness (QED) is 0.0274. The van der Waals surface area contributed by atoms with Crippen LogP contribution >= 0.6 is 7.82 Å². The molecule has 0 aliphatic carbocycles. The number of rotatable bonds is 32. The fraction of sp³-hybridized carbons (Fsp3) is 0.722. The molecule has 47 heavy (non-hydrogen) atoms. The van der Waals surface area contributed by atoms with Crippen LogP contribution in [0.5, 0.6) is 0 Å². The summed E-state index contributed by atoms with van der Waals surface area (Å²) in [6.45, 7) is 2.15. The second kappa shape index (κ2) is 32.5. The molecule has 0 aromatic carbocycles. The maximum atomic E-state index is 12.5. The summed E-state index contributed by atoms with van der Waals surface area (Å²) in [6.07, 6.45) is 30.9. The van der Waals surface area contributed by atoms with E-state index >= 15 is 0 Å². The normalized spacial score (nSPS) is 14.7. The number of ether oxygens (including phenoxy) is 2. The van der Waals surface area contributed by atoms with E-state index in [1.54, 1.807) is 0 Å². The van der Waals surface area contributed by atoms with Gasteiger partial charge in [0.25, 0.3) is 0 Å². The molecule has 0 spiro atoms. The number of esters is 2. The Morgan fingerprint density at radius 3 is 1.77 bits per heavy atom. The van der Waals surface area contributed by atoms with E-state index in [1.165, 1.54) is 32.1 Å². The minimum Gasteiger partial charge on any atom is -0.462 e. The molecule has 3 N–H and O–H groups in total. The number of carbonyl (C=O) groups excluding carboxylic acids is 2. The lowest BCUT2D eigenvalue weighted by molar-refractivity contribution is -0.161. The fourth-order valence-corrected chi connectivity index (χ4v) is 5.14. The fourth-order valence-electron chi connectivity index (χ4n) is 4.35. The van der Waals surface area contributed by atoms with Gasteiger partial charge in [-0.05, 0) is 32.1 Å². The van der Waals surface area contributed by atoms with Crippen LogP contribution in [0.15, 0.2) is 48.6 Å². The number of hydrogen-bond acceptors (Lipinski definition) is 9. The zero-order valence-corrected chi connectivity index (χ0v) is 29.9. The zero-order valence-electron chi connectivity index (χ0n) is 29.0. The third kappa shape index (κ3) is 32.3. The van der Waals surface area contributed by atoms with Gasteiger partial charge in [-0.15, -0.1) is 0 Å². The molecule has 0 aromatic heterocycles. The van der Waals surface area contributed by atoms with Crippen LogP contribution in [0.4, 0.5) is 0 Å². The predicted molar refractivity (Wildman–Crippen MR) is 187 cm³/mol. The van der Waals surface area contributed by atoms with Crippen LogP contribution in [0.25, 0.3) is 0 Å². The van der Waals surface area contributed by atoms with Crippen LogP contribution in [0.3, 0.4) is 0 Å². The van der Waals surface area contributed by atoms with Crippen LogP contribution in [0, 0.1) is 0 Å². The number of carbonyl (C=O) groups is 2. The maximum Gasteiger partial charge on any atom is 0.472 e. The highest BCUT2D eigenvalue weighted by Crippen LogP contribution is 2.43. The molecule has 0 aliphatic rings. The van der Waals surface area contributed by atoms with Crippen LogP contribution < -0.4 is 0 Å². The van der Waals surface area contributed by atoms with Gasteiger partial charge in [0.15, 0.2) is 6.10 Å². The second-order valence-corrected chi connectivity index (χ2v) is 13.1. The van der Waals surface area contributed by atoms with Gasteiger partial charge in [0, 0.05) is 12.8 Å². The van der Waals surface area contributed by atoms with Crippen molar-refractivity contribution in [3.8, 4) is 0 Å². The summed E-state index contributed by atoms with van der Waals surface area (Å²) in [4.78, 5) is 34.7. The molecule has 0 aromatic rings. The summed E-state index contributed by atoms with van der Waals surface area (Å²) < 4.78 is 32.4. The van der Waals surface area contributed by atoms with E-state index in [9.17, 15) is 24.2 Å². The molecule has 10 nitrogen and oxygen atoms in total. The number of hydrogen-bond donors (Lipinski definition) is 3. The average Bonchev–Trinajstić information content (AvgIpc) is 3.05. The third-order valence-electron chi connectivity index (χ3n) is 7.09. The van der Waals surface area contributed by atoms with Crippen molar-refractivity contribution in [2.24, 2.45) is 0 Å². The van der Waals surface area contributed by atoms with E-state index in [-0.39, 0.29) is 19.4 Å². The van der Waals surface area contributed by atoms with Crippen molar-refractivity contribution in [1.82, 2.24) is 0 Å². The molecule has 0 saturated carbocycles. The Morgan fingerprint density at radius 1 is 0.660 bits per heavy atom.